The van der Waals surface area contributed by atoms with Crippen LogP contribution in [0.25, 0.3) is 0 Å². The Morgan fingerprint density at radius 2 is 2.06 bits per heavy atom. The quantitative estimate of drug-likeness (QED) is 0.233. The van der Waals surface area contributed by atoms with Crippen LogP contribution in [0.3, 0.4) is 0 Å². The van der Waals surface area contributed by atoms with Crippen LogP contribution in [0, 0.1) is 0 Å². The van der Waals surface area contributed by atoms with Crippen LogP contribution in [0.15, 0.2) is 4.99 Å². The number of nitrogens with zero attached hydrogens (tertiary/aromatic N) is 2. The molecule has 0 aromatic carbocycles. The number of rotatable bonds is 7. The van der Waals surface area contributed by atoms with E-state index in [-0.39, 0.29) is 5.54 Å². The highest BCUT2D eigenvalue weighted by Crippen LogP contribution is 2.16. The molecule has 0 spiro atoms. The molecule has 5 heteroatoms. The minimum atomic E-state index is 0.0467. The molecule has 0 radical (unpaired) electrons. The van der Waals surface area contributed by atoms with E-state index in [1.54, 1.807) is 0 Å². The number of hydrogen-bond acceptors (Lipinski definition) is 3. The number of nitrogens with two attached hydrogens (primary N) is 1. The van der Waals surface area contributed by atoms with E-state index in [2.05, 4.69) is 36.1 Å². The molecule has 0 saturated carbocycles. The Kier molecular flexibility index (Phi) is 7.91. The first-order valence-corrected chi connectivity index (χ1v) is 6.32. The third-order valence-electron chi connectivity index (χ3n) is 3.13. The second-order valence-corrected chi connectivity index (χ2v) is 4.63. The fourth-order valence-corrected chi connectivity index (χ4v) is 1.27. The van der Waals surface area contributed by atoms with Crippen LogP contribution in [-0.4, -0.2) is 43.2 Å². The molecule has 17 heavy (non-hydrogen) atoms. The molecule has 102 valence electrons. The molecule has 5 nitrogen and oxygen atoms in total. The van der Waals surface area contributed by atoms with Crippen molar-refractivity contribution in [2.24, 2.45) is 10.8 Å². The van der Waals surface area contributed by atoms with E-state index in [0.717, 1.165) is 38.6 Å². The topological polar surface area (TPSA) is 62.9 Å². The molecule has 0 rings (SSSR count). The van der Waals surface area contributed by atoms with Gasteiger partial charge in [0.2, 0.25) is 5.96 Å². The zero-order valence-corrected chi connectivity index (χ0v) is 11.9. The Morgan fingerprint density at radius 3 is 2.53 bits per heavy atom. The number of nitrogens with one attached hydrogen (secondary N) is 1. The molecule has 0 saturated heterocycles. The van der Waals surface area contributed by atoms with Gasteiger partial charge in [-0.25, -0.2) is 5.84 Å². The Morgan fingerprint density at radius 1 is 1.41 bits per heavy atom. The van der Waals surface area contributed by atoms with Gasteiger partial charge in [0.15, 0.2) is 0 Å². The van der Waals surface area contributed by atoms with E-state index in [4.69, 9.17) is 10.6 Å². The molecule has 0 unspecified atom stereocenters. The zero-order chi connectivity index (χ0) is 13.3. The molecular weight excluding hydrogens is 216 g/mol. The number of guanidine groups is 1. The SMILES string of the molecule is CCOCCCN=C(NN)N(C)C(C)(C)CC. The lowest BCUT2D eigenvalue weighted by atomic mass is 10.0. The predicted molar refractivity (Wildman–Crippen MR) is 72.9 cm³/mol. The average molecular weight is 244 g/mol. The van der Waals surface area contributed by atoms with Gasteiger partial charge in [0.05, 0.1) is 0 Å². The molecule has 0 aliphatic heterocycles. The van der Waals surface area contributed by atoms with E-state index in [1.807, 2.05) is 14.0 Å². The van der Waals surface area contributed by atoms with E-state index in [0.29, 0.717) is 0 Å². The van der Waals surface area contributed by atoms with E-state index in [9.17, 15) is 0 Å². The van der Waals surface area contributed by atoms with Crippen molar-refractivity contribution in [3.63, 3.8) is 0 Å². The smallest absolute Gasteiger partial charge is 0.208 e. The average Bonchev–Trinajstić information content (AvgIpc) is 2.33. The van der Waals surface area contributed by atoms with Gasteiger partial charge in [-0.1, -0.05) is 6.92 Å². The van der Waals surface area contributed by atoms with Gasteiger partial charge in [-0.05, 0) is 33.6 Å². The summed E-state index contributed by atoms with van der Waals surface area (Å²) in [5, 5.41) is 0. The summed E-state index contributed by atoms with van der Waals surface area (Å²) in [6.07, 6.45) is 1.95. The molecular formula is C12H28N4O. The van der Waals surface area contributed by atoms with Crippen molar-refractivity contribution < 1.29 is 4.74 Å². The van der Waals surface area contributed by atoms with Gasteiger partial charge in [-0.15, -0.1) is 0 Å². The number of ether oxygens (including phenoxy) is 1. The van der Waals surface area contributed by atoms with Gasteiger partial charge in [-0.3, -0.25) is 10.4 Å². The Bertz CT molecular complexity index is 229. The summed E-state index contributed by atoms with van der Waals surface area (Å²) in [7, 11) is 2.00. The molecule has 0 aromatic rings. The first-order chi connectivity index (χ1) is 7.99. The maximum Gasteiger partial charge on any atom is 0.208 e. The van der Waals surface area contributed by atoms with Crippen molar-refractivity contribution >= 4 is 5.96 Å². The van der Waals surface area contributed by atoms with E-state index < -0.39 is 0 Å². The third kappa shape index (κ3) is 5.89. The van der Waals surface area contributed by atoms with Crippen LogP contribution in [0.5, 0.6) is 0 Å². The van der Waals surface area contributed by atoms with Gasteiger partial charge in [-0.2, -0.15) is 0 Å². The maximum atomic E-state index is 5.51. The summed E-state index contributed by atoms with van der Waals surface area (Å²) in [6.45, 7) is 10.7. The molecule has 0 aliphatic carbocycles. The van der Waals surface area contributed by atoms with Crippen LogP contribution in [0.1, 0.15) is 40.5 Å². The second-order valence-electron chi connectivity index (χ2n) is 4.63. The lowest BCUT2D eigenvalue weighted by molar-refractivity contribution is 0.146. The van der Waals surface area contributed by atoms with Crippen LogP contribution >= 0.6 is 0 Å². The monoisotopic (exact) mass is 244 g/mol. The first kappa shape index (κ1) is 16.2. The zero-order valence-electron chi connectivity index (χ0n) is 11.9. The minimum Gasteiger partial charge on any atom is -0.382 e. The summed E-state index contributed by atoms with van der Waals surface area (Å²) in [4.78, 5) is 6.53. The highest BCUT2D eigenvalue weighted by molar-refractivity contribution is 5.79. The minimum absolute atomic E-state index is 0.0467. The number of hydrazine groups is 1. The molecule has 0 amide bonds. The van der Waals surface area contributed by atoms with Crippen molar-refractivity contribution in [2.75, 3.05) is 26.8 Å². The highest BCUT2D eigenvalue weighted by Gasteiger charge is 2.23. The van der Waals surface area contributed by atoms with Gasteiger partial charge < -0.3 is 9.64 Å². The normalized spacial score (nSPS) is 12.7. The molecule has 0 atom stereocenters. The molecule has 0 aromatic heterocycles. The summed E-state index contributed by atoms with van der Waals surface area (Å²) in [5.41, 5.74) is 2.72. The Hall–Kier alpha value is -0.810. The van der Waals surface area contributed by atoms with Crippen molar-refractivity contribution in [3.8, 4) is 0 Å². The van der Waals surface area contributed by atoms with Gasteiger partial charge in [0, 0.05) is 32.3 Å². The molecule has 0 aliphatic rings. The molecule has 0 heterocycles. The fraction of sp³-hybridized carbons (Fsp3) is 0.917. The van der Waals surface area contributed by atoms with E-state index >= 15 is 0 Å². The van der Waals surface area contributed by atoms with Crippen LogP contribution in [-0.2, 0) is 4.74 Å². The second kappa shape index (κ2) is 8.31. The van der Waals surface area contributed by atoms with Gasteiger partial charge in [0.25, 0.3) is 0 Å². The molecule has 0 bridgehead atoms. The van der Waals surface area contributed by atoms with Crippen LogP contribution in [0.2, 0.25) is 0 Å². The lowest BCUT2D eigenvalue weighted by Gasteiger charge is -2.36. The van der Waals surface area contributed by atoms with Gasteiger partial charge in [0.1, 0.15) is 0 Å². The van der Waals surface area contributed by atoms with Crippen molar-refractivity contribution in [1.82, 2.24) is 10.3 Å². The maximum absolute atomic E-state index is 5.51. The standard InChI is InChI=1S/C12H28N4O/c1-6-12(3,4)16(5)11(15-13)14-9-8-10-17-7-2/h6-10,13H2,1-5H3,(H,14,15). The summed E-state index contributed by atoms with van der Waals surface area (Å²) < 4.78 is 5.26. The molecule has 0 fully saturated rings. The van der Waals surface area contributed by atoms with Gasteiger partial charge >= 0.3 is 0 Å². The van der Waals surface area contributed by atoms with Crippen molar-refractivity contribution in [2.45, 2.75) is 46.1 Å². The summed E-state index contributed by atoms with van der Waals surface area (Å²) in [6, 6.07) is 0. The number of hydrogen-bond donors (Lipinski definition) is 2. The lowest BCUT2D eigenvalue weighted by Crippen LogP contribution is -2.52. The highest BCUT2D eigenvalue weighted by atomic mass is 16.5. The van der Waals surface area contributed by atoms with Crippen LogP contribution in [0.4, 0.5) is 0 Å². The molecule has 3 N–H and O–H groups in total. The predicted octanol–water partition coefficient (Wildman–Crippen LogP) is 1.35. The number of aliphatic imine (C=N–C) groups is 1. The summed E-state index contributed by atoms with van der Waals surface area (Å²) in [5.74, 6) is 6.24. The van der Waals surface area contributed by atoms with Crippen LogP contribution < -0.4 is 11.3 Å². The first-order valence-electron chi connectivity index (χ1n) is 6.32. The largest absolute Gasteiger partial charge is 0.382 e. The van der Waals surface area contributed by atoms with Crippen molar-refractivity contribution in [3.05, 3.63) is 0 Å². The summed E-state index contributed by atoms with van der Waals surface area (Å²) >= 11 is 0. The Balaban J connectivity index is 4.25. The third-order valence-corrected chi connectivity index (χ3v) is 3.13. The Labute approximate surface area is 105 Å². The van der Waals surface area contributed by atoms with E-state index in [1.165, 1.54) is 0 Å². The fourth-order valence-electron chi connectivity index (χ4n) is 1.27. The van der Waals surface area contributed by atoms with Crippen molar-refractivity contribution in [1.29, 1.82) is 0 Å².